The molecule has 0 aromatic heterocycles. The first-order valence-electron chi connectivity index (χ1n) is 47.9. The Bertz CT molecular complexity index is 1950. The maximum Gasteiger partial charge on any atom is 0.185 e. The van der Waals surface area contributed by atoms with Crippen molar-refractivity contribution in [3.8, 4) is 0 Å². The smallest absolute Gasteiger partial charge is 0.185 e. The minimum atomic E-state index is -0.139. The normalized spacial score (nSPS) is 10.5. The first kappa shape index (κ1) is 139. The molecule has 0 aromatic rings. The molecule has 0 saturated carbocycles. The van der Waals surface area contributed by atoms with Gasteiger partial charge in [-0.1, -0.05) is 358 Å². The molecule has 18 nitrogen and oxygen atoms in total. The molecule has 0 bridgehead atoms. The van der Waals surface area contributed by atoms with Gasteiger partial charge in [-0.2, -0.15) is 0 Å². The first-order valence-corrected chi connectivity index (χ1v) is 56.1. The molecule has 4 N–H and O–H groups in total. The van der Waals surface area contributed by atoms with E-state index < -0.39 is 0 Å². The molecular formula is C95H191ClN4O14S9. The van der Waals surface area contributed by atoms with E-state index in [1.165, 1.54) is 357 Å². The van der Waals surface area contributed by atoms with E-state index in [2.05, 4.69) is 155 Å². The summed E-state index contributed by atoms with van der Waals surface area (Å²) in [6, 6.07) is 0.226. The second-order valence-electron chi connectivity index (χ2n) is 29.7. The average molecular weight is 1940 g/mol. The van der Waals surface area contributed by atoms with Crippen molar-refractivity contribution in [1.29, 1.82) is 0 Å². The van der Waals surface area contributed by atoms with Crippen molar-refractivity contribution in [2.75, 3.05) is 187 Å². The van der Waals surface area contributed by atoms with Crippen LogP contribution in [0.2, 0.25) is 0 Å². The lowest BCUT2D eigenvalue weighted by molar-refractivity contribution is -0.109. The van der Waals surface area contributed by atoms with Gasteiger partial charge < -0.3 is 63.2 Å². The Kier molecular flexibility index (Phi) is 164. The van der Waals surface area contributed by atoms with E-state index >= 15 is 0 Å². The van der Waals surface area contributed by atoms with Crippen LogP contribution in [0.15, 0.2) is 27.6 Å². The molecule has 0 atom stereocenters. The lowest BCUT2D eigenvalue weighted by Crippen LogP contribution is -2.21. The van der Waals surface area contributed by atoms with Gasteiger partial charge in [-0.05, 0) is 140 Å². The van der Waals surface area contributed by atoms with Crippen LogP contribution in [0.4, 0.5) is 0 Å². The summed E-state index contributed by atoms with van der Waals surface area (Å²) in [5.41, 5.74) is 0. The highest BCUT2D eigenvalue weighted by atomic mass is 35.5. The molecule has 0 spiro atoms. The summed E-state index contributed by atoms with van der Waals surface area (Å²) < 4.78 is 42.5. The fourth-order valence-electron chi connectivity index (χ4n) is 11.9. The Morgan fingerprint density at radius 3 is 0.707 bits per heavy atom. The molecule has 0 aliphatic heterocycles. The van der Waals surface area contributed by atoms with Crippen LogP contribution >= 0.6 is 116 Å². The highest BCUT2D eigenvalue weighted by Gasteiger charge is 2.03. The van der Waals surface area contributed by atoms with E-state index in [1.54, 1.807) is 6.92 Å². The minimum absolute atomic E-state index is 0. The number of ether oxygens (including phenoxy) is 8. The van der Waals surface area contributed by atoms with Crippen LogP contribution in [0.1, 0.15) is 382 Å². The predicted molar refractivity (Wildman–Crippen MR) is 558 cm³/mol. The van der Waals surface area contributed by atoms with Crippen LogP contribution in [-0.2, 0) is 47.5 Å². The molecule has 0 heterocycles. The maximum atomic E-state index is 10.7. The van der Waals surface area contributed by atoms with Crippen molar-refractivity contribution in [3.05, 3.63) is 12.7 Å². The first-order chi connectivity index (χ1) is 60.0. The van der Waals surface area contributed by atoms with Gasteiger partial charge in [-0.25, -0.2) is 15.0 Å². The number of thioether (sulfide) groups is 1. The number of nitrogens with zero attached hydrogens (tertiary/aromatic N) is 4. The zero-order chi connectivity index (χ0) is 90.9. The molecule has 0 amide bonds. The number of carbonyl (C=O) groups excluding carboxylic acids is 2. The molecule has 0 fully saturated rings. The number of halogens is 1. The molecule has 0 saturated heterocycles. The standard InChI is InChI=1S/C30H56N2O4S4.C26H54O4S2.C15H30O3S.C13H26O2.C6H15N.C2H2ClNS.C2H4OS.CH4/c37-29-31-27-35-23-21-33-19-15-11-7-3-1-5-9-13-17-25-39-40-26-18-14-10-6-2-4-8-12-16-20-34-22-24-36-28-32-30-38;27-19-23-29-21-15-11-7-3-1-5-9-13-17-25-31-32-26-18-14-10-6-2-4-8-12-16-22-30-24-20-28;1-15(17)19-14-10-8-6-4-2-3-5-7-9-12-18-13-11-16;1-2-3-4-5-6-7-8-9-10-12-15-13-11-14;1-4-7(5-2)6-3;3-1-4-2-5;1-2(3)4;/h1-28H2;27-28H,1-26H2;16H,2-14H2,1H3;2,14H,1,3-13H2;4-6H2,1-3H3;1H2;1H3,(H,3,4);1H4. The summed E-state index contributed by atoms with van der Waals surface area (Å²) in [6.45, 7) is 27.2. The topological polar surface area (TPSA) is 229 Å². The van der Waals surface area contributed by atoms with Crippen molar-refractivity contribution < 1.29 is 67.9 Å². The number of aliphatic imine (C=N–C) groups is 3. The van der Waals surface area contributed by atoms with E-state index in [9.17, 15) is 9.59 Å². The van der Waals surface area contributed by atoms with Crippen LogP contribution in [0, 0.1) is 0 Å². The van der Waals surface area contributed by atoms with Crippen LogP contribution in [-0.4, -0.2) is 238 Å². The summed E-state index contributed by atoms with van der Waals surface area (Å²) in [7, 11) is 8.35. The van der Waals surface area contributed by atoms with Gasteiger partial charge in [0.25, 0.3) is 0 Å². The number of aliphatic hydroxyl groups excluding tert-OH is 4. The molecule has 736 valence electrons. The Morgan fingerprint density at radius 2 is 0.528 bits per heavy atom. The Labute approximate surface area is 804 Å². The van der Waals surface area contributed by atoms with Crippen molar-refractivity contribution in [2.45, 2.75) is 382 Å². The molecule has 0 unspecified atom stereocenters. The van der Waals surface area contributed by atoms with Gasteiger partial charge in [-0.15, -0.1) is 19.2 Å². The average Bonchev–Trinajstić information content (AvgIpc) is 2.72. The van der Waals surface area contributed by atoms with E-state index in [-0.39, 0.29) is 63.6 Å². The van der Waals surface area contributed by atoms with Crippen LogP contribution < -0.4 is 0 Å². The van der Waals surface area contributed by atoms with Gasteiger partial charge in [-0.3, -0.25) is 9.59 Å². The van der Waals surface area contributed by atoms with Crippen molar-refractivity contribution in [2.24, 2.45) is 15.0 Å². The number of isothiocyanates is 3. The Hall–Kier alpha value is 0.350. The number of carbonyl (C=O) groups is 2. The third-order valence-corrected chi connectivity index (χ3v) is 25.3. The number of thiocarbonyl (C=S) groups is 3. The van der Waals surface area contributed by atoms with Crippen LogP contribution in [0.5, 0.6) is 0 Å². The second kappa shape index (κ2) is 145. The molecule has 0 aliphatic carbocycles. The summed E-state index contributed by atoms with van der Waals surface area (Å²) in [5.74, 6) is 6.27. The summed E-state index contributed by atoms with van der Waals surface area (Å²) in [4.78, 5) is 33.1. The van der Waals surface area contributed by atoms with E-state index in [0.29, 0.717) is 52.9 Å². The molecule has 0 aromatic carbocycles. The number of aliphatic hydroxyl groups is 4. The summed E-state index contributed by atoms with van der Waals surface area (Å²) in [5, 5.41) is 41.0. The van der Waals surface area contributed by atoms with E-state index in [1.807, 2.05) is 6.08 Å². The fourth-order valence-corrected chi connectivity index (χ4v) is 17.4. The minimum Gasteiger partial charge on any atom is -0.394 e. The van der Waals surface area contributed by atoms with Crippen molar-refractivity contribution in [1.82, 2.24) is 4.90 Å². The largest absolute Gasteiger partial charge is 0.394 e. The van der Waals surface area contributed by atoms with Crippen LogP contribution in [0.3, 0.4) is 0 Å². The number of alkyl halides is 1. The number of hydrogen-bond acceptors (Lipinski definition) is 26. The fraction of sp³-hybridized carbons (Fsp3) is 0.926. The summed E-state index contributed by atoms with van der Waals surface area (Å²) >= 11 is 22.9. The van der Waals surface area contributed by atoms with Gasteiger partial charge in [0, 0.05) is 82.3 Å². The SMILES string of the molecule is C.C=CCCCCCCCCCOCCO.CC(=O)S.CC(=O)SCCCCCCCCCCCOCCO.CCN(CC)CC.OCCOCCCCCCCCCCCSSCCCCCCCCCCCOCCO.S=C=NCCl.S=C=NCOCCOCCCCCCCCCCCSSCCCCCCCCCCCOCCOCN=C=S. The van der Waals surface area contributed by atoms with Gasteiger partial charge >= 0.3 is 0 Å². The lowest BCUT2D eigenvalue weighted by Gasteiger charge is -2.13. The van der Waals surface area contributed by atoms with Gasteiger partial charge in [0.1, 0.15) is 19.5 Å². The quantitative estimate of drug-likeness (QED) is 0.00557. The molecule has 0 aliphatic rings. The van der Waals surface area contributed by atoms with Gasteiger partial charge in [0.15, 0.2) is 10.2 Å². The van der Waals surface area contributed by atoms with Crippen molar-refractivity contribution >= 4 is 142 Å². The van der Waals surface area contributed by atoms with E-state index in [0.717, 1.165) is 90.3 Å². The lowest BCUT2D eigenvalue weighted by atomic mass is 10.1. The highest BCUT2D eigenvalue weighted by molar-refractivity contribution is 8.77. The Balaban J connectivity index is -0.000000235. The monoisotopic (exact) mass is 1940 g/mol. The predicted octanol–water partition coefficient (Wildman–Crippen LogP) is 27.8. The van der Waals surface area contributed by atoms with Crippen molar-refractivity contribution in [3.63, 3.8) is 0 Å². The molecular weight excluding hydrogens is 1750 g/mol. The number of rotatable bonds is 94. The van der Waals surface area contributed by atoms with Gasteiger partial charge in [0.05, 0.1) is 94.8 Å². The highest BCUT2D eigenvalue weighted by Crippen LogP contribution is 2.27. The maximum absolute atomic E-state index is 10.7. The summed E-state index contributed by atoms with van der Waals surface area (Å²) in [6.07, 6.45) is 71.8. The molecule has 0 rings (SSSR count). The van der Waals surface area contributed by atoms with Crippen LogP contribution in [0.25, 0.3) is 0 Å². The number of allylic oxidation sites excluding steroid dienone is 1. The third-order valence-electron chi connectivity index (χ3n) is 18.8. The zero-order valence-corrected chi connectivity index (χ0v) is 86.7. The second-order valence-corrected chi connectivity index (χ2v) is 37.8. The zero-order valence-electron chi connectivity index (χ0n) is 78.5. The number of thiol groups is 1. The third kappa shape index (κ3) is 169. The Morgan fingerprint density at radius 1 is 0.333 bits per heavy atom. The number of hydrogen-bond donors (Lipinski definition) is 5. The number of unbranched alkanes of at least 4 members (excludes halogenated alkanes) is 47. The van der Waals surface area contributed by atoms with Gasteiger partial charge in [0.2, 0.25) is 0 Å². The molecule has 123 heavy (non-hydrogen) atoms. The molecule has 0 radical (unpaired) electrons. The van der Waals surface area contributed by atoms with E-state index in [4.69, 9.17) is 69.9 Å². The molecule has 28 heteroatoms.